The number of amidine groups is 1. The summed E-state index contributed by atoms with van der Waals surface area (Å²) in [6, 6.07) is 8.11. The Morgan fingerprint density at radius 3 is 2.38 bits per heavy atom. The number of hydrogen-bond acceptors (Lipinski definition) is 4. The van der Waals surface area contributed by atoms with Crippen LogP contribution in [0.25, 0.3) is 0 Å². The van der Waals surface area contributed by atoms with E-state index in [4.69, 9.17) is 4.99 Å². The number of carbonyl (C=O) groups excluding carboxylic acids is 2. The van der Waals surface area contributed by atoms with E-state index >= 15 is 0 Å². The van der Waals surface area contributed by atoms with Crippen LogP contribution in [0.5, 0.6) is 0 Å². The summed E-state index contributed by atoms with van der Waals surface area (Å²) in [4.78, 5) is 29.9. The number of benzene rings is 1. The molecule has 4 saturated carbocycles. The first-order valence-corrected chi connectivity index (χ1v) is 11.7. The lowest BCUT2D eigenvalue weighted by Gasteiger charge is -2.55. The molecule has 1 aromatic carbocycles. The Labute approximate surface area is 176 Å². The van der Waals surface area contributed by atoms with Crippen molar-refractivity contribution in [3.8, 4) is 0 Å². The Kier molecular flexibility index (Phi) is 4.93. The molecule has 6 rings (SSSR count). The molecule has 5 fully saturated rings. The van der Waals surface area contributed by atoms with E-state index in [1.165, 1.54) is 55.9 Å². The number of hydrogen-bond donors (Lipinski definition) is 2. The van der Waals surface area contributed by atoms with Crippen LogP contribution in [0.15, 0.2) is 29.3 Å². The van der Waals surface area contributed by atoms with Crippen LogP contribution < -0.4 is 10.6 Å². The molecule has 0 aromatic heterocycles. The molecule has 1 aromatic rings. The van der Waals surface area contributed by atoms with E-state index in [2.05, 4.69) is 10.6 Å². The fourth-order valence-corrected chi connectivity index (χ4v) is 7.23. The van der Waals surface area contributed by atoms with Crippen molar-refractivity contribution in [3.05, 3.63) is 35.4 Å². The van der Waals surface area contributed by atoms with Gasteiger partial charge in [0.05, 0.1) is 5.54 Å². The summed E-state index contributed by atoms with van der Waals surface area (Å²) in [5.74, 6) is 2.32. The van der Waals surface area contributed by atoms with Crippen molar-refractivity contribution in [2.75, 3.05) is 0 Å². The molecule has 1 heterocycles. The van der Waals surface area contributed by atoms with Crippen LogP contribution in [0.2, 0.25) is 0 Å². The Morgan fingerprint density at radius 1 is 1.14 bits per heavy atom. The maximum Gasteiger partial charge on any atom is 0.240 e. The molecular formula is C23H29N3O2S. The highest BCUT2D eigenvalue weighted by Gasteiger charge is 2.51. The van der Waals surface area contributed by atoms with Crippen LogP contribution >= 0.6 is 11.8 Å². The third kappa shape index (κ3) is 4.09. The van der Waals surface area contributed by atoms with Crippen LogP contribution in [0.3, 0.4) is 0 Å². The lowest BCUT2D eigenvalue weighted by atomic mass is 9.53. The predicted molar refractivity (Wildman–Crippen MR) is 116 cm³/mol. The molecule has 1 unspecified atom stereocenters. The van der Waals surface area contributed by atoms with Crippen LogP contribution in [0.1, 0.15) is 56.1 Å². The molecule has 4 bridgehead atoms. The van der Waals surface area contributed by atoms with Crippen molar-refractivity contribution in [1.29, 1.82) is 0 Å². The van der Waals surface area contributed by atoms with Gasteiger partial charge in [-0.1, -0.05) is 41.6 Å². The maximum atomic E-state index is 12.4. The van der Waals surface area contributed by atoms with Crippen LogP contribution in [-0.2, 0) is 16.1 Å². The van der Waals surface area contributed by atoms with Gasteiger partial charge in [0.15, 0.2) is 5.17 Å². The maximum absolute atomic E-state index is 12.4. The van der Waals surface area contributed by atoms with Gasteiger partial charge in [-0.05, 0) is 68.8 Å². The molecule has 5 aliphatic rings. The molecule has 29 heavy (non-hydrogen) atoms. The van der Waals surface area contributed by atoms with Crippen molar-refractivity contribution >= 4 is 28.7 Å². The topological polar surface area (TPSA) is 70.6 Å². The highest BCUT2D eigenvalue weighted by Crippen LogP contribution is 2.57. The second kappa shape index (κ2) is 7.46. The quantitative estimate of drug-likeness (QED) is 0.778. The highest BCUT2D eigenvalue weighted by atomic mass is 32.2. The van der Waals surface area contributed by atoms with E-state index in [0.717, 1.165) is 28.5 Å². The van der Waals surface area contributed by atoms with Crippen molar-refractivity contribution in [2.24, 2.45) is 22.7 Å². The summed E-state index contributed by atoms with van der Waals surface area (Å²) in [6.07, 6.45) is 7.89. The number of carbonyl (C=O) groups is 2. The van der Waals surface area contributed by atoms with Crippen molar-refractivity contribution in [3.63, 3.8) is 0 Å². The van der Waals surface area contributed by atoms with Crippen molar-refractivity contribution < 1.29 is 9.59 Å². The van der Waals surface area contributed by atoms with Gasteiger partial charge in [-0.3, -0.25) is 14.6 Å². The first kappa shape index (κ1) is 19.2. The van der Waals surface area contributed by atoms with E-state index < -0.39 is 0 Å². The number of thioether (sulfide) groups is 1. The van der Waals surface area contributed by atoms with Gasteiger partial charge in [-0.25, -0.2) is 0 Å². The minimum absolute atomic E-state index is 0.0486. The minimum atomic E-state index is -0.374. The van der Waals surface area contributed by atoms with Crippen LogP contribution in [0.4, 0.5) is 0 Å². The monoisotopic (exact) mass is 411 g/mol. The molecular weight excluding hydrogens is 382 g/mol. The number of nitrogens with zero attached hydrogens (tertiary/aromatic N) is 1. The smallest absolute Gasteiger partial charge is 0.240 e. The molecule has 2 N–H and O–H groups in total. The van der Waals surface area contributed by atoms with Crippen LogP contribution in [-0.4, -0.2) is 27.8 Å². The Balaban J connectivity index is 1.18. The molecule has 0 spiro atoms. The molecule has 2 amide bonds. The fraction of sp³-hybridized carbons (Fsp3) is 0.609. The molecule has 6 heteroatoms. The Hall–Kier alpha value is -1.82. The number of aryl methyl sites for hydroxylation is 1. The van der Waals surface area contributed by atoms with Gasteiger partial charge in [0.25, 0.3) is 0 Å². The number of nitrogens with one attached hydrogen (secondary N) is 2. The number of aliphatic imine (C=N–C) groups is 1. The van der Waals surface area contributed by atoms with Crippen molar-refractivity contribution in [2.45, 2.75) is 69.2 Å². The summed E-state index contributed by atoms with van der Waals surface area (Å²) in [7, 11) is 0. The van der Waals surface area contributed by atoms with Crippen molar-refractivity contribution in [1.82, 2.24) is 10.6 Å². The standard InChI is InChI=1S/C23H29N3O2S/c1-14-2-4-15(5-3-14)13-24-20(27)9-19-21(28)25-22(29-19)26-23-10-16-6-17(11-23)8-18(7-16)12-23/h2-5,16-19H,6-13H2,1H3,(H,24,27)(H,25,26,28). The van der Waals surface area contributed by atoms with Gasteiger partial charge in [0, 0.05) is 13.0 Å². The Morgan fingerprint density at radius 2 is 1.76 bits per heavy atom. The predicted octanol–water partition coefficient (Wildman–Crippen LogP) is 3.56. The number of amides is 2. The van der Waals surface area contributed by atoms with E-state index in [-0.39, 0.29) is 29.0 Å². The second-order valence-electron chi connectivity index (χ2n) is 9.62. The van der Waals surface area contributed by atoms with Gasteiger partial charge >= 0.3 is 0 Å². The highest BCUT2D eigenvalue weighted by molar-refractivity contribution is 8.15. The SMILES string of the molecule is Cc1ccc(CNC(=O)CC2SC(=NC34CC5CC(CC(C5)C3)C4)NC2=O)cc1. The average molecular weight is 412 g/mol. The molecule has 1 saturated heterocycles. The molecule has 0 radical (unpaired) electrons. The van der Waals surface area contributed by atoms with E-state index in [1.807, 2.05) is 31.2 Å². The normalized spacial score (nSPS) is 36.4. The third-order valence-electron chi connectivity index (χ3n) is 7.10. The second-order valence-corrected chi connectivity index (χ2v) is 10.8. The largest absolute Gasteiger partial charge is 0.352 e. The van der Waals surface area contributed by atoms with E-state index in [1.54, 1.807) is 0 Å². The third-order valence-corrected chi connectivity index (χ3v) is 8.18. The summed E-state index contributed by atoms with van der Waals surface area (Å²) in [6.45, 7) is 2.53. The van der Waals surface area contributed by atoms with Gasteiger partial charge in [-0.2, -0.15) is 0 Å². The average Bonchev–Trinajstić information content (AvgIpc) is 2.98. The lowest BCUT2D eigenvalue weighted by molar-refractivity contribution is -0.125. The summed E-state index contributed by atoms with van der Waals surface area (Å²) < 4.78 is 0. The molecule has 1 aliphatic heterocycles. The molecule has 154 valence electrons. The van der Waals surface area contributed by atoms with E-state index in [9.17, 15) is 9.59 Å². The first-order valence-electron chi connectivity index (χ1n) is 10.9. The summed E-state index contributed by atoms with van der Waals surface area (Å²) in [5.41, 5.74) is 2.31. The summed E-state index contributed by atoms with van der Waals surface area (Å²) >= 11 is 1.45. The fourth-order valence-electron chi connectivity index (χ4n) is 6.16. The lowest BCUT2D eigenvalue weighted by Crippen LogP contribution is -2.50. The zero-order valence-electron chi connectivity index (χ0n) is 16.9. The molecule has 1 atom stereocenters. The summed E-state index contributed by atoms with van der Waals surface area (Å²) in [5, 5.41) is 6.26. The first-order chi connectivity index (χ1) is 14.0. The van der Waals surface area contributed by atoms with Gasteiger partial charge in [0.2, 0.25) is 11.8 Å². The number of rotatable bonds is 5. The minimum Gasteiger partial charge on any atom is -0.352 e. The molecule has 4 aliphatic carbocycles. The van der Waals surface area contributed by atoms with E-state index in [0.29, 0.717) is 6.54 Å². The van der Waals surface area contributed by atoms with Gasteiger partial charge in [0.1, 0.15) is 5.25 Å². The van der Waals surface area contributed by atoms with Gasteiger partial charge < -0.3 is 10.6 Å². The molecule has 5 nitrogen and oxygen atoms in total. The Bertz CT molecular complexity index is 813. The zero-order chi connectivity index (χ0) is 20.0. The van der Waals surface area contributed by atoms with Gasteiger partial charge in [-0.15, -0.1) is 0 Å². The zero-order valence-corrected chi connectivity index (χ0v) is 17.8. The van der Waals surface area contributed by atoms with Crippen LogP contribution in [0, 0.1) is 24.7 Å².